The minimum atomic E-state index is -0.371. The van der Waals surface area contributed by atoms with E-state index in [1.807, 2.05) is 0 Å². The van der Waals surface area contributed by atoms with Gasteiger partial charge in [0.25, 0.3) is 5.56 Å². The number of aromatic nitrogens is 2. The molecule has 0 fully saturated rings. The standard InChI is InChI=1S/C13H14FN3OS/c1-7-5-12(18)17-13(16-7)19-11-4-3-9(8(2)15)6-10(11)14/h3-6,8H,15H2,1-2H3,(H,16,17,18). The van der Waals surface area contributed by atoms with Gasteiger partial charge in [0, 0.05) is 17.8 Å². The lowest BCUT2D eigenvalue weighted by Gasteiger charge is -2.08. The van der Waals surface area contributed by atoms with E-state index in [1.165, 1.54) is 12.1 Å². The van der Waals surface area contributed by atoms with Gasteiger partial charge in [-0.25, -0.2) is 9.37 Å². The summed E-state index contributed by atoms with van der Waals surface area (Å²) in [5.41, 5.74) is 6.77. The molecule has 100 valence electrons. The molecule has 1 aromatic carbocycles. The Hall–Kier alpha value is -1.66. The molecule has 0 saturated carbocycles. The second-order valence-electron chi connectivity index (χ2n) is 4.27. The lowest BCUT2D eigenvalue weighted by Crippen LogP contribution is -2.08. The molecular formula is C13H14FN3OS. The zero-order chi connectivity index (χ0) is 14.0. The third-order valence-corrected chi connectivity index (χ3v) is 3.47. The van der Waals surface area contributed by atoms with Crippen LogP contribution in [0.1, 0.15) is 24.2 Å². The van der Waals surface area contributed by atoms with Crippen LogP contribution in [-0.4, -0.2) is 9.97 Å². The Morgan fingerprint density at radius 2 is 2.16 bits per heavy atom. The van der Waals surface area contributed by atoms with Crippen molar-refractivity contribution >= 4 is 11.8 Å². The smallest absolute Gasteiger partial charge is 0.251 e. The monoisotopic (exact) mass is 279 g/mol. The van der Waals surface area contributed by atoms with Gasteiger partial charge in [-0.1, -0.05) is 6.07 Å². The number of halogens is 1. The second-order valence-corrected chi connectivity index (χ2v) is 5.30. The number of H-pyrrole nitrogens is 1. The Kier molecular flexibility index (Phi) is 4.01. The van der Waals surface area contributed by atoms with E-state index in [2.05, 4.69) is 9.97 Å². The zero-order valence-corrected chi connectivity index (χ0v) is 11.4. The summed E-state index contributed by atoms with van der Waals surface area (Å²) >= 11 is 1.08. The number of aryl methyl sites for hydroxylation is 1. The summed E-state index contributed by atoms with van der Waals surface area (Å²) in [6.45, 7) is 3.51. The molecule has 1 heterocycles. The molecule has 0 bridgehead atoms. The SMILES string of the molecule is Cc1cc(=O)[nH]c(Sc2ccc(C(C)N)cc2F)n1. The largest absolute Gasteiger partial charge is 0.324 e. The Balaban J connectivity index is 2.30. The fourth-order valence-corrected chi connectivity index (χ4v) is 2.43. The summed E-state index contributed by atoms with van der Waals surface area (Å²) in [5.74, 6) is -0.371. The van der Waals surface area contributed by atoms with Crippen LogP contribution in [0.25, 0.3) is 0 Å². The first-order chi connectivity index (χ1) is 8.95. The van der Waals surface area contributed by atoms with Crippen molar-refractivity contribution in [3.63, 3.8) is 0 Å². The fourth-order valence-electron chi connectivity index (χ4n) is 1.59. The van der Waals surface area contributed by atoms with Crippen LogP contribution >= 0.6 is 11.8 Å². The van der Waals surface area contributed by atoms with Gasteiger partial charge in [0.05, 0.1) is 4.90 Å². The maximum Gasteiger partial charge on any atom is 0.251 e. The molecule has 0 radical (unpaired) electrons. The van der Waals surface area contributed by atoms with Crippen LogP contribution in [0.15, 0.2) is 39.1 Å². The third kappa shape index (κ3) is 3.42. The van der Waals surface area contributed by atoms with Gasteiger partial charge in [0.2, 0.25) is 0 Å². The summed E-state index contributed by atoms with van der Waals surface area (Å²) in [7, 11) is 0. The van der Waals surface area contributed by atoms with E-state index in [1.54, 1.807) is 26.0 Å². The molecule has 4 nitrogen and oxygen atoms in total. The molecule has 0 aliphatic rings. The lowest BCUT2D eigenvalue weighted by molar-refractivity contribution is 0.596. The first-order valence-corrected chi connectivity index (χ1v) is 6.58. The molecule has 19 heavy (non-hydrogen) atoms. The summed E-state index contributed by atoms with van der Waals surface area (Å²) < 4.78 is 13.9. The Morgan fingerprint density at radius 3 is 2.74 bits per heavy atom. The van der Waals surface area contributed by atoms with Crippen molar-refractivity contribution in [3.05, 3.63) is 51.7 Å². The highest BCUT2D eigenvalue weighted by Gasteiger charge is 2.09. The van der Waals surface area contributed by atoms with Crippen molar-refractivity contribution < 1.29 is 4.39 Å². The van der Waals surface area contributed by atoms with Crippen molar-refractivity contribution in [1.29, 1.82) is 0 Å². The van der Waals surface area contributed by atoms with Gasteiger partial charge >= 0.3 is 0 Å². The highest BCUT2D eigenvalue weighted by atomic mass is 32.2. The fraction of sp³-hybridized carbons (Fsp3) is 0.231. The van der Waals surface area contributed by atoms with E-state index >= 15 is 0 Å². The molecular weight excluding hydrogens is 265 g/mol. The Labute approximate surface area is 114 Å². The number of rotatable bonds is 3. The van der Waals surface area contributed by atoms with Crippen molar-refractivity contribution in [2.75, 3.05) is 0 Å². The summed E-state index contributed by atoms with van der Waals surface area (Å²) in [6.07, 6.45) is 0. The van der Waals surface area contributed by atoms with E-state index in [4.69, 9.17) is 5.73 Å². The topological polar surface area (TPSA) is 71.8 Å². The quantitative estimate of drug-likeness (QED) is 0.846. The van der Waals surface area contributed by atoms with Crippen LogP contribution in [0.2, 0.25) is 0 Å². The predicted molar refractivity (Wildman–Crippen MR) is 72.7 cm³/mol. The average molecular weight is 279 g/mol. The van der Waals surface area contributed by atoms with Gasteiger partial charge in [-0.15, -0.1) is 0 Å². The molecule has 0 amide bonds. The average Bonchev–Trinajstić information content (AvgIpc) is 2.30. The molecule has 0 aliphatic carbocycles. The molecule has 1 unspecified atom stereocenters. The zero-order valence-electron chi connectivity index (χ0n) is 10.6. The molecule has 0 aliphatic heterocycles. The third-order valence-electron chi connectivity index (χ3n) is 2.54. The van der Waals surface area contributed by atoms with Gasteiger partial charge in [-0.2, -0.15) is 0 Å². The second kappa shape index (κ2) is 5.54. The number of nitrogens with two attached hydrogens (primary N) is 1. The number of hydrogen-bond donors (Lipinski definition) is 2. The number of nitrogens with one attached hydrogen (secondary N) is 1. The minimum Gasteiger partial charge on any atom is -0.324 e. The van der Waals surface area contributed by atoms with Crippen LogP contribution in [0.5, 0.6) is 0 Å². The van der Waals surface area contributed by atoms with Gasteiger partial charge in [-0.3, -0.25) is 4.79 Å². The molecule has 1 aromatic heterocycles. The lowest BCUT2D eigenvalue weighted by atomic mass is 10.1. The van der Waals surface area contributed by atoms with Crippen LogP contribution in [0, 0.1) is 12.7 Å². The number of nitrogens with zero attached hydrogens (tertiary/aromatic N) is 1. The van der Waals surface area contributed by atoms with E-state index in [0.29, 0.717) is 15.7 Å². The van der Waals surface area contributed by atoms with Gasteiger partial charge in [0.1, 0.15) is 5.82 Å². The summed E-state index contributed by atoms with van der Waals surface area (Å²) in [6, 6.07) is 5.98. The molecule has 0 spiro atoms. The summed E-state index contributed by atoms with van der Waals surface area (Å²) in [5, 5.41) is 0.373. The molecule has 0 saturated heterocycles. The Bertz CT molecular complexity index is 655. The highest BCUT2D eigenvalue weighted by molar-refractivity contribution is 7.99. The van der Waals surface area contributed by atoms with Crippen molar-refractivity contribution in [2.24, 2.45) is 5.73 Å². The number of benzene rings is 1. The van der Waals surface area contributed by atoms with Crippen LogP contribution in [0.3, 0.4) is 0 Å². The van der Waals surface area contributed by atoms with Crippen molar-refractivity contribution in [3.8, 4) is 0 Å². The first-order valence-electron chi connectivity index (χ1n) is 5.76. The van der Waals surface area contributed by atoms with Gasteiger partial charge in [0.15, 0.2) is 5.16 Å². The Morgan fingerprint density at radius 1 is 1.42 bits per heavy atom. The highest BCUT2D eigenvalue weighted by Crippen LogP contribution is 2.28. The van der Waals surface area contributed by atoms with Crippen molar-refractivity contribution in [2.45, 2.75) is 29.9 Å². The van der Waals surface area contributed by atoms with Crippen LogP contribution < -0.4 is 11.3 Å². The van der Waals surface area contributed by atoms with Crippen LogP contribution in [-0.2, 0) is 0 Å². The van der Waals surface area contributed by atoms with E-state index in [0.717, 1.165) is 17.3 Å². The molecule has 2 aromatic rings. The summed E-state index contributed by atoms with van der Waals surface area (Å²) in [4.78, 5) is 18.4. The van der Waals surface area contributed by atoms with E-state index < -0.39 is 0 Å². The predicted octanol–water partition coefficient (Wildman–Crippen LogP) is 2.39. The van der Waals surface area contributed by atoms with E-state index in [9.17, 15) is 9.18 Å². The first kappa shape index (κ1) is 13.8. The van der Waals surface area contributed by atoms with E-state index in [-0.39, 0.29) is 17.4 Å². The van der Waals surface area contributed by atoms with Gasteiger partial charge in [-0.05, 0) is 43.3 Å². The van der Waals surface area contributed by atoms with Crippen LogP contribution in [0.4, 0.5) is 4.39 Å². The molecule has 6 heteroatoms. The minimum absolute atomic E-state index is 0.217. The molecule has 3 N–H and O–H groups in total. The maximum atomic E-state index is 13.9. The number of hydrogen-bond acceptors (Lipinski definition) is 4. The van der Waals surface area contributed by atoms with Gasteiger partial charge < -0.3 is 10.7 Å². The maximum absolute atomic E-state index is 13.9. The normalized spacial score (nSPS) is 12.4. The molecule has 1 atom stereocenters. The molecule has 2 rings (SSSR count). The van der Waals surface area contributed by atoms with Crippen molar-refractivity contribution in [1.82, 2.24) is 9.97 Å². The number of aromatic amines is 1.